The second kappa shape index (κ2) is 8.65. The van der Waals surface area contributed by atoms with Crippen molar-refractivity contribution in [2.45, 2.75) is 49.1 Å². The highest BCUT2D eigenvalue weighted by Crippen LogP contribution is 2.29. The summed E-state index contributed by atoms with van der Waals surface area (Å²) in [5.74, 6) is -0.261. The molecule has 6 nitrogen and oxygen atoms in total. The third kappa shape index (κ3) is 4.69. The molecule has 2 atom stereocenters. The molecular weight excluding hydrogens is 388 g/mol. The lowest BCUT2D eigenvalue weighted by Gasteiger charge is -2.26. The summed E-state index contributed by atoms with van der Waals surface area (Å²) in [4.78, 5) is 12.9. The molecule has 1 aliphatic carbocycles. The number of rotatable bonds is 6. The predicted octanol–water partition coefficient (Wildman–Crippen LogP) is 2.95. The SMILES string of the molecule is O=C(N[C@H]1CCCc2ccccc21)c1cccc(S(=O)(=O)NC[C@H]2CCCO2)c1. The highest BCUT2D eigenvalue weighted by molar-refractivity contribution is 7.89. The van der Waals surface area contributed by atoms with Crippen molar-refractivity contribution in [1.29, 1.82) is 0 Å². The molecule has 1 amide bonds. The normalized spacial score (nSPS) is 21.5. The van der Waals surface area contributed by atoms with E-state index in [-0.39, 0.29) is 29.5 Å². The largest absolute Gasteiger partial charge is 0.377 e. The first-order valence-corrected chi connectivity index (χ1v) is 11.6. The Kier molecular flexibility index (Phi) is 5.99. The van der Waals surface area contributed by atoms with Crippen molar-refractivity contribution in [2.75, 3.05) is 13.2 Å². The third-order valence-corrected chi connectivity index (χ3v) is 7.03. The van der Waals surface area contributed by atoms with E-state index in [1.54, 1.807) is 12.1 Å². The van der Waals surface area contributed by atoms with Gasteiger partial charge in [-0.3, -0.25) is 4.79 Å². The molecule has 1 heterocycles. The topological polar surface area (TPSA) is 84.5 Å². The minimum Gasteiger partial charge on any atom is -0.377 e. The molecule has 1 aliphatic heterocycles. The van der Waals surface area contributed by atoms with Gasteiger partial charge in [0.2, 0.25) is 10.0 Å². The number of carbonyl (C=O) groups is 1. The first-order valence-electron chi connectivity index (χ1n) is 10.1. The summed E-state index contributed by atoms with van der Waals surface area (Å²) in [7, 11) is -3.70. The quantitative estimate of drug-likeness (QED) is 0.761. The van der Waals surface area contributed by atoms with Crippen LogP contribution in [0, 0.1) is 0 Å². The second-order valence-corrected chi connectivity index (χ2v) is 9.40. The Hall–Kier alpha value is -2.22. The summed E-state index contributed by atoms with van der Waals surface area (Å²) in [6, 6.07) is 14.3. The van der Waals surface area contributed by atoms with Gasteiger partial charge in [-0.05, 0) is 61.4 Å². The number of carbonyl (C=O) groups excluding carboxylic acids is 1. The monoisotopic (exact) mass is 414 g/mol. The van der Waals surface area contributed by atoms with Gasteiger partial charge in [0.1, 0.15) is 0 Å². The summed E-state index contributed by atoms with van der Waals surface area (Å²) in [5.41, 5.74) is 2.75. The summed E-state index contributed by atoms with van der Waals surface area (Å²) in [5, 5.41) is 3.07. The average molecular weight is 415 g/mol. The Bertz CT molecular complexity index is 984. The Labute approximate surface area is 171 Å². The van der Waals surface area contributed by atoms with E-state index in [1.807, 2.05) is 12.1 Å². The zero-order chi connectivity index (χ0) is 20.3. The van der Waals surface area contributed by atoms with Gasteiger partial charge >= 0.3 is 0 Å². The summed E-state index contributed by atoms with van der Waals surface area (Å²) in [6.07, 6.45) is 4.64. The molecule has 1 saturated heterocycles. The number of hydrogen-bond acceptors (Lipinski definition) is 4. The van der Waals surface area contributed by atoms with Crippen LogP contribution in [0.3, 0.4) is 0 Å². The molecule has 2 N–H and O–H groups in total. The van der Waals surface area contributed by atoms with Gasteiger partial charge in [-0.25, -0.2) is 13.1 Å². The number of benzene rings is 2. The van der Waals surface area contributed by atoms with Crippen molar-refractivity contribution in [3.8, 4) is 0 Å². The second-order valence-electron chi connectivity index (χ2n) is 7.63. The van der Waals surface area contributed by atoms with E-state index in [1.165, 1.54) is 17.7 Å². The highest BCUT2D eigenvalue weighted by atomic mass is 32.2. The molecule has 0 unspecified atom stereocenters. The standard InChI is InChI=1S/C22H26N2O4S/c25-22(24-21-12-4-7-16-6-1-2-11-20(16)21)17-8-3-10-19(14-17)29(26,27)23-15-18-9-5-13-28-18/h1-3,6,8,10-11,14,18,21,23H,4-5,7,9,12-13,15H2,(H,24,25)/t18-,21+/m1/s1. The zero-order valence-electron chi connectivity index (χ0n) is 16.3. The molecule has 0 radical (unpaired) electrons. The van der Waals surface area contributed by atoms with E-state index in [2.05, 4.69) is 22.2 Å². The van der Waals surface area contributed by atoms with Crippen molar-refractivity contribution in [3.05, 3.63) is 65.2 Å². The van der Waals surface area contributed by atoms with Crippen LogP contribution in [0.5, 0.6) is 0 Å². The Morgan fingerprint density at radius 3 is 2.76 bits per heavy atom. The molecule has 29 heavy (non-hydrogen) atoms. The van der Waals surface area contributed by atoms with Gasteiger partial charge in [-0.15, -0.1) is 0 Å². The zero-order valence-corrected chi connectivity index (χ0v) is 17.1. The van der Waals surface area contributed by atoms with Crippen LogP contribution in [-0.4, -0.2) is 33.6 Å². The van der Waals surface area contributed by atoms with E-state index < -0.39 is 10.0 Å². The molecule has 0 bridgehead atoms. The van der Waals surface area contributed by atoms with Crippen molar-refractivity contribution in [3.63, 3.8) is 0 Å². The van der Waals surface area contributed by atoms with Gasteiger partial charge in [-0.2, -0.15) is 0 Å². The number of aryl methyl sites for hydroxylation is 1. The van der Waals surface area contributed by atoms with Gasteiger partial charge < -0.3 is 10.1 Å². The van der Waals surface area contributed by atoms with Crippen molar-refractivity contribution in [2.24, 2.45) is 0 Å². The van der Waals surface area contributed by atoms with Crippen LogP contribution in [0.4, 0.5) is 0 Å². The minimum atomic E-state index is -3.70. The van der Waals surface area contributed by atoms with Crippen LogP contribution in [0.25, 0.3) is 0 Å². The van der Waals surface area contributed by atoms with Crippen molar-refractivity contribution in [1.82, 2.24) is 10.0 Å². The molecule has 2 aromatic carbocycles. The Morgan fingerprint density at radius 1 is 1.07 bits per heavy atom. The fraction of sp³-hybridized carbons (Fsp3) is 0.409. The molecule has 0 saturated carbocycles. The Morgan fingerprint density at radius 2 is 1.93 bits per heavy atom. The van der Waals surface area contributed by atoms with Crippen LogP contribution in [0.1, 0.15) is 53.2 Å². The molecule has 7 heteroatoms. The molecule has 0 spiro atoms. The lowest BCUT2D eigenvalue weighted by Crippen LogP contribution is -2.33. The summed E-state index contributed by atoms with van der Waals surface area (Å²) in [6.45, 7) is 0.921. The van der Waals surface area contributed by atoms with E-state index in [0.29, 0.717) is 12.2 Å². The Balaban J connectivity index is 1.46. The maximum Gasteiger partial charge on any atom is 0.251 e. The molecule has 2 aromatic rings. The number of nitrogens with one attached hydrogen (secondary N) is 2. The maximum atomic E-state index is 12.8. The summed E-state index contributed by atoms with van der Waals surface area (Å²) < 4.78 is 33.3. The lowest BCUT2D eigenvalue weighted by atomic mass is 9.87. The van der Waals surface area contributed by atoms with Gasteiger partial charge in [0.15, 0.2) is 0 Å². The minimum absolute atomic E-state index is 0.0506. The first kappa shape index (κ1) is 20.1. The smallest absolute Gasteiger partial charge is 0.251 e. The van der Waals surface area contributed by atoms with Crippen molar-refractivity contribution < 1.29 is 17.9 Å². The van der Waals surface area contributed by atoms with E-state index in [9.17, 15) is 13.2 Å². The maximum absolute atomic E-state index is 12.8. The molecular formula is C22H26N2O4S. The van der Waals surface area contributed by atoms with Crippen LogP contribution in [0.15, 0.2) is 53.4 Å². The van der Waals surface area contributed by atoms with E-state index >= 15 is 0 Å². The average Bonchev–Trinajstić information content (AvgIpc) is 3.26. The number of amides is 1. The molecule has 0 aromatic heterocycles. The van der Waals surface area contributed by atoms with Crippen LogP contribution in [-0.2, 0) is 21.2 Å². The first-order chi connectivity index (χ1) is 14.0. The van der Waals surface area contributed by atoms with Crippen LogP contribution >= 0.6 is 0 Å². The molecule has 4 rings (SSSR count). The number of ether oxygens (including phenoxy) is 1. The summed E-state index contributed by atoms with van der Waals surface area (Å²) >= 11 is 0. The van der Waals surface area contributed by atoms with Gasteiger partial charge in [0.05, 0.1) is 17.0 Å². The number of fused-ring (bicyclic) bond motifs is 1. The number of hydrogen-bond donors (Lipinski definition) is 2. The van der Waals surface area contributed by atoms with Crippen LogP contribution < -0.4 is 10.0 Å². The highest BCUT2D eigenvalue weighted by Gasteiger charge is 2.24. The predicted molar refractivity (Wildman–Crippen MR) is 110 cm³/mol. The number of sulfonamides is 1. The van der Waals surface area contributed by atoms with Gasteiger partial charge in [0.25, 0.3) is 5.91 Å². The van der Waals surface area contributed by atoms with Crippen molar-refractivity contribution >= 4 is 15.9 Å². The van der Waals surface area contributed by atoms with Gasteiger partial charge in [0, 0.05) is 18.7 Å². The fourth-order valence-electron chi connectivity index (χ4n) is 4.04. The third-order valence-electron chi connectivity index (χ3n) is 5.61. The van der Waals surface area contributed by atoms with Crippen LogP contribution in [0.2, 0.25) is 0 Å². The van der Waals surface area contributed by atoms with E-state index in [0.717, 1.165) is 37.7 Å². The van der Waals surface area contributed by atoms with E-state index in [4.69, 9.17) is 4.74 Å². The van der Waals surface area contributed by atoms with Gasteiger partial charge in [-0.1, -0.05) is 30.3 Å². The lowest BCUT2D eigenvalue weighted by molar-refractivity contribution is 0.0932. The molecule has 1 fully saturated rings. The molecule has 154 valence electrons. The fourth-order valence-corrected chi connectivity index (χ4v) is 5.15. The molecule has 2 aliphatic rings.